The fraction of sp³-hybridized carbons (Fsp3) is 0.273. The first-order chi connectivity index (χ1) is 7.74. The normalized spacial score (nSPS) is 17.4. The summed E-state index contributed by atoms with van der Waals surface area (Å²) in [6.45, 7) is 1.91. The topological polar surface area (TPSA) is 74.8 Å². The highest BCUT2D eigenvalue weighted by molar-refractivity contribution is 6.05. The van der Waals surface area contributed by atoms with Gasteiger partial charge in [0.1, 0.15) is 29.9 Å². The molecule has 2 rings (SSSR count). The number of fused-ring (bicyclic) bond motifs is 1. The molecule has 1 unspecified atom stereocenters. The van der Waals surface area contributed by atoms with Gasteiger partial charge in [0.15, 0.2) is 6.10 Å². The third kappa shape index (κ3) is 1.77. The van der Waals surface area contributed by atoms with E-state index in [1.165, 1.54) is 0 Å². The van der Waals surface area contributed by atoms with Crippen molar-refractivity contribution in [3.8, 4) is 17.6 Å². The van der Waals surface area contributed by atoms with Crippen molar-refractivity contribution in [3.05, 3.63) is 23.8 Å². The van der Waals surface area contributed by atoms with Crippen LogP contribution in [0.5, 0.6) is 11.5 Å². The molecule has 0 radical (unpaired) electrons. The molecule has 0 saturated carbocycles. The summed E-state index contributed by atoms with van der Waals surface area (Å²) in [6, 6.07) is 7.12. The fourth-order valence-electron chi connectivity index (χ4n) is 1.47. The molecule has 1 aliphatic rings. The summed E-state index contributed by atoms with van der Waals surface area (Å²) in [5.41, 5.74) is 1.24. The molecule has 1 aromatic carbocycles. The minimum atomic E-state index is -0.509. The minimum Gasteiger partial charge on any atom is -0.486 e. The SMILES string of the molecule is CC(C#N)Oc1ccc2c(c1)OCC2=NO. The molecular formula is C11H10N2O3. The van der Waals surface area contributed by atoms with Gasteiger partial charge in [-0.05, 0) is 19.1 Å². The predicted octanol–water partition coefficient (Wildman–Crippen LogP) is 1.55. The Morgan fingerprint density at radius 3 is 3.12 bits per heavy atom. The molecule has 82 valence electrons. The standard InChI is InChI=1S/C11H10N2O3/c1-7(5-12)16-8-2-3-9-10(13-14)6-15-11(9)4-8/h2-4,7,14H,6H2,1H3. The Balaban J connectivity index is 2.26. The average molecular weight is 218 g/mol. The van der Waals surface area contributed by atoms with Crippen molar-refractivity contribution in [2.45, 2.75) is 13.0 Å². The lowest BCUT2D eigenvalue weighted by atomic mass is 10.1. The first-order valence-corrected chi connectivity index (χ1v) is 4.79. The summed E-state index contributed by atoms with van der Waals surface area (Å²) in [4.78, 5) is 0. The van der Waals surface area contributed by atoms with E-state index in [-0.39, 0.29) is 6.61 Å². The summed E-state index contributed by atoms with van der Waals surface area (Å²) in [7, 11) is 0. The van der Waals surface area contributed by atoms with Crippen molar-refractivity contribution in [3.63, 3.8) is 0 Å². The maximum atomic E-state index is 8.70. The van der Waals surface area contributed by atoms with Crippen LogP contribution in [0.15, 0.2) is 23.4 Å². The molecule has 5 nitrogen and oxygen atoms in total. The molecule has 1 aromatic rings. The monoisotopic (exact) mass is 218 g/mol. The maximum absolute atomic E-state index is 8.70. The van der Waals surface area contributed by atoms with Gasteiger partial charge in [-0.25, -0.2) is 0 Å². The summed E-state index contributed by atoms with van der Waals surface area (Å²) in [5, 5.41) is 20.4. The summed E-state index contributed by atoms with van der Waals surface area (Å²) >= 11 is 0. The second-order valence-corrected chi connectivity index (χ2v) is 3.38. The molecule has 16 heavy (non-hydrogen) atoms. The summed E-state index contributed by atoms with van der Waals surface area (Å²) in [6.07, 6.45) is -0.509. The second kappa shape index (κ2) is 4.11. The Morgan fingerprint density at radius 2 is 2.44 bits per heavy atom. The van der Waals surface area contributed by atoms with E-state index in [0.29, 0.717) is 17.2 Å². The van der Waals surface area contributed by atoms with Crippen molar-refractivity contribution in [1.29, 1.82) is 5.26 Å². The van der Waals surface area contributed by atoms with Crippen molar-refractivity contribution < 1.29 is 14.7 Å². The highest BCUT2D eigenvalue weighted by atomic mass is 16.5. The zero-order valence-corrected chi connectivity index (χ0v) is 8.67. The number of oxime groups is 1. The van der Waals surface area contributed by atoms with E-state index < -0.39 is 6.10 Å². The van der Waals surface area contributed by atoms with Crippen LogP contribution in [0.3, 0.4) is 0 Å². The number of nitrogens with zero attached hydrogens (tertiary/aromatic N) is 2. The Bertz CT molecular complexity index is 477. The van der Waals surface area contributed by atoms with Crippen LogP contribution in [0.1, 0.15) is 12.5 Å². The molecule has 1 heterocycles. The van der Waals surface area contributed by atoms with Crippen LogP contribution in [0.4, 0.5) is 0 Å². The van der Waals surface area contributed by atoms with Crippen molar-refractivity contribution >= 4 is 5.71 Å². The van der Waals surface area contributed by atoms with Gasteiger partial charge in [-0.3, -0.25) is 0 Å². The lowest BCUT2D eigenvalue weighted by Crippen LogP contribution is -2.08. The first kappa shape index (κ1) is 10.3. The number of hydrogen-bond donors (Lipinski definition) is 1. The van der Waals surface area contributed by atoms with Crippen LogP contribution in [0.2, 0.25) is 0 Å². The van der Waals surface area contributed by atoms with Crippen LogP contribution < -0.4 is 9.47 Å². The molecule has 1 atom stereocenters. The highest BCUT2D eigenvalue weighted by Gasteiger charge is 2.20. The predicted molar refractivity (Wildman–Crippen MR) is 56.0 cm³/mol. The molecule has 0 fully saturated rings. The number of ether oxygens (including phenoxy) is 2. The smallest absolute Gasteiger partial charge is 0.181 e. The molecule has 0 aromatic heterocycles. The lowest BCUT2D eigenvalue weighted by molar-refractivity contribution is 0.274. The van der Waals surface area contributed by atoms with Gasteiger partial charge in [-0.2, -0.15) is 5.26 Å². The number of rotatable bonds is 2. The second-order valence-electron chi connectivity index (χ2n) is 3.38. The molecule has 0 spiro atoms. The zero-order chi connectivity index (χ0) is 11.5. The molecule has 0 amide bonds. The number of benzene rings is 1. The third-order valence-corrected chi connectivity index (χ3v) is 2.24. The summed E-state index contributed by atoms with van der Waals surface area (Å²) in [5.74, 6) is 1.17. The van der Waals surface area contributed by atoms with E-state index in [2.05, 4.69) is 5.16 Å². The Morgan fingerprint density at radius 1 is 1.62 bits per heavy atom. The van der Waals surface area contributed by atoms with Crippen LogP contribution in [-0.4, -0.2) is 23.6 Å². The molecule has 1 N–H and O–H groups in total. The van der Waals surface area contributed by atoms with Gasteiger partial charge in [0, 0.05) is 11.6 Å². The van der Waals surface area contributed by atoms with Gasteiger partial charge >= 0.3 is 0 Å². The van der Waals surface area contributed by atoms with Crippen LogP contribution in [-0.2, 0) is 0 Å². The van der Waals surface area contributed by atoms with E-state index in [4.69, 9.17) is 19.9 Å². The van der Waals surface area contributed by atoms with Crippen LogP contribution >= 0.6 is 0 Å². The van der Waals surface area contributed by atoms with Crippen molar-refractivity contribution in [2.24, 2.45) is 5.16 Å². The number of nitriles is 1. The van der Waals surface area contributed by atoms with Gasteiger partial charge in [0.2, 0.25) is 0 Å². The van der Waals surface area contributed by atoms with E-state index in [0.717, 1.165) is 5.56 Å². The van der Waals surface area contributed by atoms with Gasteiger partial charge in [0.05, 0.1) is 0 Å². The van der Waals surface area contributed by atoms with E-state index in [1.807, 2.05) is 6.07 Å². The fourth-order valence-corrected chi connectivity index (χ4v) is 1.47. The van der Waals surface area contributed by atoms with E-state index in [1.54, 1.807) is 25.1 Å². The summed E-state index contributed by atoms with van der Waals surface area (Å²) < 4.78 is 10.6. The maximum Gasteiger partial charge on any atom is 0.181 e. The Kier molecular flexibility index (Phi) is 2.64. The van der Waals surface area contributed by atoms with Crippen molar-refractivity contribution in [1.82, 2.24) is 0 Å². The minimum absolute atomic E-state index is 0.253. The van der Waals surface area contributed by atoms with Crippen molar-refractivity contribution in [2.75, 3.05) is 6.61 Å². The molecule has 5 heteroatoms. The van der Waals surface area contributed by atoms with Crippen LogP contribution in [0, 0.1) is 11.3 Å². The zero-order valence-electron chi connectivity index (χ0n) is 8.67. The van der Waals surface area contributed by atoms with Gasteiger partial charge < -0.3 is 14.7 Å². The molecule has 0 aliphatic carbocycles. The molecule has 0 bridgehead atoms. The van der Waals surface area contributed by atoms with E-state index >= 15 is 0 Å². The Labute approximate surface area is 92.5 Å². The Hall–Kier alpha value is -2.22. The third-order valence-electron chi connectivity index (χ3n) is 2.24. The average Bonchev–Trinajstić information content (AvgIpc) is 2.71. The molecule has 1 aliphatic heterocycles. The van der Waals surface area contributed by atoms with Gasteiger partial charge in [-0.1, -0.05) is 5.16 Å². The highest BCUT2D eigenvalue weighted by Crippen LogP contribution is 2.30. The van der Waals surface area contributed by atoms with Gasteiger partial charge in [-0.15, -0.1) is 0 Å². The number of hydrogen-bond acceptors (Lipinski definition) is 5. The first-order valence-electron chi connectivity index (χ1n) is 4.79. The van der Waals surface area contributed by atoms with Gasteiger partial charge in [0.25, 0.3) is 0 Å². The van der Waals surface area contributed by atoms with Crippen LogP contribution in [0.25, 0.3) is 0 Å². The van der Waals surface area contributed by atoms with E-state index in [9.17, 15) is 0 Å². The molecular weight excluding hydrogens is 208 g/mol. The quantitative estimate of drug-likeness (QED) is 0.603. The lowest BCUT2D eigenvalue weighted by Gasteiger charge is -2.08. The molecule has 0 saturated heterocycles. The largest absolute Gasteiger partial charge is 0.486 e.